The Balaban J connectivity index is 2.82. The average molecular weight is 200 g/mol. The summed E-state index contributed by atoms with van der Waals surface area (Å²) in [7, 11) is 0. The molecule has 4 atom stereocenters. The maximum absolute atomic E-state index is 11.0. The van der Waals surface area contributed by atoms with Crippen LogP contribution in [-0.4, -0.2) is 22.2 Å². The lowest BCUT2D eigenvalue weighted by Gasteiger charge is -2.35. The normalized spacial score (nSPS) is 37.9. The van der Waals surface area contributed by atoms with Gasteiger partial charge in [-0.15, -0.1) is 0 Å². The van der Waals surface area contributed by atoms with Crippen molar-refractivity contribution in [1.82, 2.24) is 0 Å². The fraction of sp³-hybridized carbons (Fsp3) is 0.800. The second kappa shape index (κ2) is 3.98. The highest BCUT2D eigenvalue weighted by molar-refractivity contribution is 5.75. The van der Waals surface area contributed by atoms with Crippen LogP contribution in [0.3, 0.4) is 0 Å². The van der Waals surface area contributed by atoms with Crippen molar-refractivity contribution in [2.24, 2.45) is 23.7 Å². The fourth-order valence-electron chi connectivity index (χ4n) is 2.47. The SMILES string of the molecule is CC1CCC(C(=O)O)C(C)C1C(=O)O. The number of carboxylic acid groups (broad SMARTS) is 2. The van der Waals surface area contributed by atoms with Crippen LogP contribution in [0.1, 0.15) is 26.7 Å². The van der Waals surface area contributed by atoms with Gasteiger partial charge >= 0.3 is 11.9 Å². The van der Waals surface area contributed by atoms with Crippen LogP contribution in [0, 0.1) is 23.7 Å². The van der Waals surface area contributed by atoms with Gasteiger partial charge in [0, 0.05) is 0 Å². The summed E-state index contributed by atoms with van der Waals surface area (Å²) in [4.78, 5) is 21.8. The maximum atomic E-state index is 11.0. The van der Waals surface area contributed by atoms with Crippen molar-refractivity contribution >= 4 is 11.9 Å². The Bertz CT molecular complexity index is 249. The highest BCUT2D eigenvalue weighted by Gasteiger charge is 2.41. The molecule has 0 amide bonds. The first-order valence-electron chi connectivity index (χ1n) is 4.90. The number of carboxylic acids is 2. The van der Waals surface area contributed by atoms with Gasteiger partial charge in [0.2, 0.25) is 0 Å². The molecule has 4 nitrogen and oxygen atoms in total. The molecule has 0 aromatic rings. The third kappa shape index (κ3) is 1.89. The van der Waals surface area contributed by atoms with Gasteiger partial charge in [-0.2, -0.15) is 0 Å². The first kappa shape index (κ1) is 11.0. The molecule has 1 aliphatic rings. The summed E-state index contributed by atoms with van der Waals surface area (Å²) in [5, 5.41) is 17.9. The van der Waals surface area contributed by atoms with E-state index in [0.717, 1.165) is 0 Å². The zero-order valence-corrected chi connectivity index (χ0v) is 8.43. The van der Waals surface area contributed by atoms with Crippen molar-refractivity contribution < 1.29 is 19.8 Å². The molecule has 0 heterocycles. The lowest BCUT2D eigenvalue weighted by atomic mass is 9.68. The van der Waals surface area contributed by atoms with Gasteiger partial charge in [0.15, 0.2) is 0 Å². The van der Waals surface area contributed by atoms with Crippen molar-refractivity contribution in [1.29, 1.82) is 0 Å². The molecule has 1 rings (SSSR count). The Labute approximate surface area is 82.9 Å². The molecule has 0 radical (unpaired) electrons. The summed E-state index contributed by atoms with van der Waals surface area (Å²) >= 11 is 0. The van der Waals surface area contributed by atoms with Gasteiger partial charge < -0.3 is 10.2 Å². The van der Waals surface area contributed by atoms with Crippen LogP contribution in [0.15, 0.2) is 0 Å². The van der Waals surface area contributed by atoms with Gasteiger partial charge in [-0.1, -0.05) is 13.8 Å². The molecule has 0 aliphatic heterocycles. The smallest absolute Gasteiger partial charge is 0.307 e. The molecule has 80 valence electrons. The highest BCUT2D eigenvalue weighted by Crippen LogP contribution is 2.38. The second-order valence-corrected chi connectivity index (χ2v) is 4.22. The molecule has 14 heavy (non-hydrogen) atoms. The number of rotatable bonds is 2. The predicted octanol–water partition coefficient (Wildman–Crippen LogP) is 1.45. The predicted molar refractivity (Wildman–Crippen MR) is 49.8 cm³/mol. The van der Waals surface area contributed by atoms with E-state index in [9.17, 15) is 9.59 Å². The summed E-state index contributed by atoms with van der Waals surface area (Å²) in [5.74, 6) is -2.92. The molecule has 1 saturated carbocycles. The zero-order chi connectivity index (χ0) is 10.9. The largest absolute Gasteiger partial charge is 0.481 e. The molecule has 4 unspecified atom stereocenters. The summed E-state index contributed by atoms with van der Waals surface area (Å²) in [6, 6.07) is 0. The van der Waals surface area contributed by atoms with Gasteiger partial charge in [-0.3, -0.25) is 9.59 Å². The van der Waals surface area contributed by atoms with E-state index in [2.05, 4.69) is 0 Å². The standard InChI is InChI=1S/C10H16O4/c1-5-3-4-7(9(11)12)6(2)8(5)10(13)14/h5-8H,3-4H2,1-2H3,(H,11,12)(H,13,14). The van der Waals surface area contributed by atoms with Crippen LogP contribution in [-0.2, 0) is 9.59 Å². The third-order valence-corrected chi connectivity index (χ3v) is 3.35. The molecule has 0 bridgehead atoms. The molecule has 0 spiro atoms. The van der Waals surface area contributed by atoms with Gasteiger partial charge in [0.25, 0.3) is 0 Å². The summed E-state index contributed by atoms with van der Waals surface area (Å²) in [6.45, 7) is 3.61. The van der Waals surface area contributed by atoms with Crippen LogP contribution in [0.2, 0.25) is 0 Å². The number of hydrogen-bond acceptors (Lipinski definition) is 2. The van der Waals surface area contributed by atoms with E-state index in [4.69, 9.17) is 10.2 Å². The number of aliphatic carboxylic acids is 2. The van der Waals surface area contributed by atoms with Crippen molar-refractivity contribution in [3.05, 3.63) is 0 Å². The van der Waals surface area contributed by atoms with Crippen molar-refractivity contribution in [3.8, 4) is 0 Å². The van der Waals surface area contributed by atoms with Crippen LogP contribution in [0.5, 0.6) is 0 Å². The topological polar surface area (TPSA) is 74.6 Å². The van der Waals surface area contributed by atoms with Crippen LogP contribution < -0.4 is 0 Å². The summed E-state index contributed by atoms with van der Waals surface area (Å²) in [6.07, 6.45) is 1.29. The Morgan fingerprint density at radius 2 is 1.64 bits per heavy atom. The molecular weight excluding hydrogens is 184 g/mol. The molecular formula is C10H16O4. The molecule has 1 fully saturated rings. The third-order valence-electron chi connectivity index (χ3n) is 3.35. The molecule has 1 aliphatic carbocycles. The van der Waals surface area contributed by atoms with Gasteiger partial charge in [0.05, 0.1) is 11.8 Å². The first-order chi connectivity index (χ1) is 6.45. The van der Waals surface area contributed by atoms with Crippen LogP contribution in [0.25, 0.3) is 0 Å². The fourth-order valence-corrected chi connectivity index (χ4v) is 2.47. The van der Waals surface area contributed by atoms with E-state index < -0.39 is 23.8 Å². The van der Waals surface area contributed by atoms with E-state index in [1.54, 1.807) is 6.92 Å². The minimum Gasteiger partial charge on any atom is -0.481 e. The maximum Gasteiger partial charge on any atom is 0.307 e. The Hall–Kier alpha value is -1.06. The zero-order valence-electron chi connectivity index (χ0n) is 8.43. The van der Waals surface area contributed by atoms with Crippen LogP contribution >= 0.6 is 0 Å². The van der Waals surface area contributed by atoms with E-state index in [1.807, 2.05) is 6.92 Å². The van der Waals surface area contributed by atoms with Crippen LogP contribution in [0.4, 0.5) is 0 Å². The molecule has 0 aromatic heterocycles. The quantitative estimate of drug-likeness (QED) is 0.707. The first-order valence-corrected chi connectivity index (χ1v) is 4.90. The number of hydrogen-bond donors (Lipinski definition) is 2. The summed E-state index contributed by atoms with van der Waals surface area (Å²) < 4.78 is 0. The lowest BCUT2D eigenvalue weighted by molar-refractivity contribution is -0.154. The monoisotopic (exact) mass is 200 g/mol. The molecule has 0 aromatic carbocycles. The van der Waals surface area contributed by atoms with E-state index >= 15 is 0 Å². The van der Waals surface area contributed by atoms with E-state index in [0.29, 0.717) is 12.8 Å². The van der Waals surface area contributed by atoms with Crippen molar-refractivity contribution in [2.75, 3.05) is 0 Å². The molecule has 0 saturated heterocycles. The van der Waals surface area contributed by atoms with Gasteiger partial charge in [-0.25, -0.2) is 0 Å². The Morgan fingerprint density at radius 1 is 1.07 bits per heavy atom. The molecule has 4 heteroatoms. The minimum atomic E-state index is -0.865. The van der Waals surface area contributed by atoms with Gasteiger partial charge in [0.1, 0.15) is 0 Å². The van der Waals surface area contributed by atoms with E-state index in [1.165, 1.54) is 0 Å². The van der Waals surface area contributed by atoms with Crippen molar-refractivity contribution in [3.63, 3.8) is 0 Å². The highest BCUT2D eigenvalue weighted by atomic mass is 16.4. The lowest BCUT2D eigenvalue weighted by Crippen LogP contribution is -2.39. The van der Waals surface area contributed by atoms with Crippen molar-refractivity contribution in [2.45, 2.75) is 26.7 Å². The second-order valence-electron chi connectivity index (χ2n) is 4.22. The minimum absolute atomic E-state index is 0.0816. The van der Waals surface area contributed by atoms with Gasteiger partial charge in [-0.05, 0) is 24.7 Å². The number of carbonyl (C=O) groups is 2. The Kier molecular flexibility index (Phi) is 3.13. The Morgan fingerprint density at radius 3 is 2.07 bits per heavy atom. The summed E-state index contributed by atoms with van der Waals surface area (Å²) in [5.41, 5.74) is 0. The average Bonchev–Trinajstić information content (AvgIpc) is 2.02. The molecule has 2 N–H and O–H groups in total. The van der Waals surface area contributed by atoms with E-state index in [-0.39, 0.29) is 11.8 Å².